The van der Waals surface area contributed by atoms with Crippen LogP contribution in [0.3, 0.4) is 0 Å². The highest BCUT2D eigenvalue weighted by atomic mass is 16.5. The molecule has 5 nitrogen and oxygen atoms in total. The number of pyridine rings is 1. The zero-order chi connectivity index (χ0) is 14.4. The molecule has 0 radical (unpaired) electrons. The molecule has 0 atom stereocenters. The molecule has 0 saturated heterocycles. The van der Waals surface area contributed by atoms with Crippen LogP contribution in [0.1, 0.15) is 23.7 Å². The summed E-state index contributed by atoms with van der Waals surface area (Å²) in [6, 6.07) is 9.28. The number of aromatic nitrogens is 1. The molecular weight excluding hydrogens is 254 g/mol. The first-order valence-corrected chi connectivity index (χ1v) is 6.75. The van der Waals surface area contributed by atoms with E-state index in [1.54, 1.807) is 6.07 Å². The summed E-state index contributed by atoms with van der Waals surface area (Å²) in [5, 5.41) is 4.10. The van der Waals surface area contributed by atoms with Gasteiger partial charge in [-0.05, 0) is 25.1 Å². The van der Waals surface area contributed by atoms with Gasteiger partial charge in [-0.1, -0.05) is 25.1 Å². The molecule has 1 amide bonds. The highest BCUT2D eigenvalue weighted by Gasteiger charge is 2.12. The normalized spacial score (nSPS) is 10.7. The molecule has 2 rings (SSSR count). The van der Waals surface area contributed by atoms with Gasteiger partial charge in [0.25, 0.3) is 5.91 Å². The largest absolute Gasteiger partial charge is 0.476 e. The molecule has 0 fully saturated rings. The maximum atomic E-state index is 11.5. The van der Waals surface area contributed by atoms with Crippen LogP contribution in [0.2, 0.25) is 0 Å². The zero-order valence-corrected chi connectivity index (χ0v) is 11.6. The Bertz CT molecular complexity index is 599. The van der Waals surface area contributed by atoms with Gasteiger partial charge in [0.2, 0.25) is 5.88 Å². The number of hydrogen-bond acceptors (Lipinski definition) is 4. The molecule has 3 N–H and O–H groups in total. The average molecular weight is 273 g/mol. The molecule has 1 aromatic heterocycles. The average Bonchev–Trinajstić information content (AvgIpc) is 2.46. The Morgan fingerprint density at radius 2 is 2.15 bits per heavy atom. The van der Waals surface area contributed by atoms with Crippen LogP contribution in [0.4, 0.5) is 0 Å². The fourth-order valence-corrected chi connectivity index (χ4v) is 1.91. The third kappa shape index (κ3) is 3.45. The van der Waals surface area contributed by atoms with Crippen LogP contribution in [-0.2, 0) is 0 Å². The fourth-order valence-electron chi connectivity index (χ4n) is 1.91. The highest BCUT2D eigenvalue weighted by molar-refractivity contribution is 5.98. The lowest BCUT2D eigenvalue weighted by Gasteiger charge is -2.10. The van der Waals surface area contributed by atoms with Crippen molar-refractivity contribution in [3.8, 4) is 5.88 Å². The molecular formula is C15H19N3O2. The first kappa shape index (κ1) is 14.3. The minimum Gasteiger partial charge on any atom is -0.476 e. The summed E-state index contributed by atoms with van der Waals surface area (Å²) in [5.74, 6) is -0.228. The van der Waals surface area contributed by atoms with Gasteiger partial charge >= 0.3 is 0 Å². The van der Waals surface area contributed by atoms with E-state index in [4.69, 9.17) is 10.5 Å². The molecule has 106 valence electrons. The fraction of sp³-hybridized carbons (Fsp3) is 0.333. The van der Waals surface area contributed by atoms with Gasteiger partial charge in [-0.3, -0.25) is 4.79 Å². The number of hydrogen-bond donors (Lipinski definition) is 2. The monoisotopic (exact) mass is 273 g/mol. The molecule has 1 heterocycles. The second-order valence-corrected chi connectivity index (χ2v) is 4.50. The predicted molar refractivity (Wildman–Crippen MR) is 78.9 cm³/mol. The summed E-state index contributed by atoms with van der Waals surface area (Å²) >= 11 is 0. The quantitative estimate of drug-likeness (QED) is 0.753. The summed E-state index contributed by atoms with van der Waals surface area (Å²) in [6.45, 7) is 4.20. The predicted octanol–water partition coefficient (Wildman–Crippen LogP) is 1.71. The molecule has 0 aliphatic rings. The number of carbonyl (C=O) groups excluding carboxylic acids is 1. The number of primary amides is 1. The van der Waals surface area contributed by atoms with Crippen LogP contribution in [-0.4, -0.2) is 30.6 Å². The lowest BCUT2D eigenvalue weighted by Crippen LogP contribution is -2.23. The summed E-state index contributed by atoms with van der Waals surface area (Å²) in [4.78, 5) is 15.9. The topological polar surface area (TPSA) is 77.2 Å². The molecule has 0 spiro atoms. The van der Waals surface area contributed by atoms with Crippen molar-refractivity contribution in [3.63, 3.8) is 0 Å². The van der Waals surface area contributed by atoms with Crippen LogP contribution in [0.5, 0.6) is 5.88 Å². The van der Waals surface area contributed by atoms with E-state index in [-0.39, 0.29) is 0 Å². The molecule has 0 bridgehead atoms. The van der Waals surface area contributed by atoms with E-state index in [0.717, 1.165) is 23.9 Å². The molecule has 0 saturated carbocycles. The Morgan fingerprint density at radius 3 is 2.90 bits per heavy atom. The SMILES string of the molecule is CCCNCCOc1nc2ccccc2cc1C(N)=O. The lowest BCUT2D eigenvalue weighted by molar-refractivity contribution is 0.0995. The minimum absolute atomic E-state index is 0.300. The van der Waals surface area contributed by atoms with Gasteiger partial charge in [-0.15, -0.1) is 0 Å². The summed E-state index contributed by atoms with van der Waals surface area (Å²) in [5.41, 5.74) is 6.49. The van der Waals surface area contributed by atoms with Gasteiger partial charge in [0.15, 0.2) is 0 Å². The van der Waals surface area contributed by atoms with Crippen LogP contribution < -0.4 is 15.8 Å². The maximum absolute atomic E-state index is 11.5. The Hall–Kier alpha value is -2.14. The Labute approximate surface area is 118 Å². The van der Waals surface area contributed by atoms with Crippen molar-refractivity contribution in [2.24, 2.45) is 5.73 Å². The lowest BCUT2D eigenvalue weighted by atomic mass is 10.1. The van der Waals surface area contributed by atoms with E-state index in [0.29, 0.717) is 24.6 Å². The maximum Gasteiger partial charge on any atom is 0.254 e. The van der Waals surface area contributed by atoms with Crippen LogP contribution in [0.25, 0.3) is 10.9 Å². The van der Waals surface area contributed by atoms with E-state index < -0.39 is 5.91 Å². The second kappa shape index (κ2) is 6.86. The van der Waals surface area contributed by atoms with Crippen molar-refractivity contribution < 1.29 is 9.53 Å². The smallest absolute Gasteiger partial charge is 0.254 e. The number of nitrogens with one attached hydrogen (secondary N) is 1. The van der Waals surface area contributed by atoms with E-state index in [9.17, 15) is 4.79 Å². The molecule has 20 heavy (non-hydrogen) atoms. The summed E-state index contributed by atoms with van der Waals surface area (Å²) in [6.07, 6.45) is 1.07. The van der Waals surface area contributed by atoms with Gasteiger partial charge < -0.3 is 15.8 Å². The van der Waals surface area contributed by atoms with Crippen molar-refractivity contribution >= 4 is 16.8 Å². The summed E-state index contributed by atoms with van der Waals surface area (Å²) < 4.78 is 5.58. The second-order valence-electron chi connectivity index (χ2n) is 4.50. The minimum atomic E-state index is -0.528. The van der Waals surface area contributed by atoms with E-state index in [2.05, 4.69) is 17.2 Å². The number of amides is 1. The first-order chi connectivity index (χ1) is 9.72. The third-order valence-electron chi connectivity index (χ3n) is 2.90. The van der Waals surface area contributed by atoms with Crippen molar-refractivity contribution in [2.45, 2.75) is 13.3 Å². The van der Waals surface area contributed by atoms with E-state index in [1.807, 2.05) is 24.3 Å². The number of para-hydroxylation sites is 1. The molecule has 1 aromatic carbocycles. The molecule has 5 heteroatoms. The first-order valence-electron chi connectivity index (χ1n) is 6.75. The van der Waals surface area contributed by atoms with E-state index in [1.165, 1.54) is 0 Å². The van der Waals surface area contributed by atoms with Crippen LogP contribution in [0.15, 0.2) is 30.3 Å². The van der Waals surface area contributed by atoms with Crippen molar-refractivity contribution in [3.05, 3.63) is 35.9 Å². The highest BCUT2D eigenvalue weighted by Crippen LogP contribution is 2.21. The number of carbonyl (C=O) groups is 1. The van der Waals surface area contributed by atoms with Crippen molar-refractivity contribution in [2.75, 3.05) is 19.7 Å². The van der Waals surface area contributed by atoms with Gasteiger partial charge in [0, 0.05) is 11.9 Å². The van der Waals surface area contributed by atoms with E-state index >= 15 is 0 Å². The van der Waals surface area contributed by atoms with Crippen molar-refractivity contribution in [1.29, 1.82) is 0 Å². The van der Waals surface area contributed by atoms with Crippen LogP contribution in [0, 0.1) is 0 Å². The van der Waals surface area contributed by atoms with Gasteiger partial charge in [-0.2, -0.15) is 0 Å². The number of nitrogens with zero attached hydrogens (tertiary/aromatic N) is 1. The van der Waals surface area contributed by atoms with Gasteiger partial charge in [0.1, 0.15) is 12.2 Å². The van der Waals surface area contributed by atoms with Gasteiger partial charge in [0.05, 0.1) is 5.52 Å². The molecule has 0 unspecified atom stereocenters. The Balaban J connectivity index is 2.17. The number of nitrogens with two attached hydrogens (primary N) is 1. The number of fused-ring (bicyclic) bond motifs is 1. The Morgan fingerprint density at radius 1 is 1.35 bits per heavy atom. The van der Waals surface area contributed by atoms with Gasteiger partial charge in [-0.25, -0.2) is 4.98 Å². The third-order valence-corrected chi connectivity index (χ3v) is 2.90. The number of benzene rings is 1. The number of rotatable bonds is 7. The zero-order valence-electron chi connectivity index (χ0n) is 11.6. The molecule has 0 aliphatic carbocycles. The van der Waals surface area contributed by atoms with Crippen molar-refractivity contribution in [1.82, 2.24) is 10.3 Å². The standard InChI is InChI=1S/C15H19N3O2/c1-2-7-17-8-9-20-15-12(14(16)19)10-11-5-3-4-6-13(11)18-15/h3-6,10,17H,2,7-9H2,1H3,(H2,16,19). The van der Waals surface area contributed by atoms with Crippen LogP contribution >= 0.6 is 0 Å². The summed E-state index contributed by atoms with van der Waals surface area (Å²) in [7, 11) is 0. The molecule has 0 aliphatic heterocycles. The Kier molecular flexibility index (Phi) is 4.90. The molecule has 2 aromatic rings. The number of ether oxygens (including phenoxy) is 1.